The van der Waals surface area contributed by atoms with Gasteiger partial charge in [-0.05, 0) is 148 Å². The van der Waals surface area contributed by atoms with Crippen LogP contribution in [0.25, 0.3) is 33.3 Å². The number of fused-ring (bicyclic) bond motifs is 6. The molecular weight excluding hydrogens is 1030 g/mol. The third-order valence-electron chi connectivity index (χ3n) is 17.9. The van der Waals surface area contributed by atoms with Crippen LogP contribution in [-0.2, 0) is 54.3 Å². The number of carbonyl (C=O) groups excluding carboxylic acids is 4. The van der Waals surface area contributed by atoms with Gasteiger partial charge < -0.3 is 19.5 Å². The van der Waals surface area contributed by atoms with Crippen LogP contribution in [-0.4, -0.2) is 126 Å². The molecule has 7 heterocycles. The minimum atomic E-state index is -2.82. The molecule has 5 fully saturated rings. The number of aryl methyl sites for hydroxylation is 2. The number of pyridine rings is 1. The normalized spacial score (nSPS) is 26.1. The fraction of sp³-hybridized carbons (Fsp3) is 0.540. The molecule has 5 aromatic rings. The first kappa shape index (κ1) is 56.0. The number of amides is 3. The zero-order chi connectivity index (χ0) is 56.5. The molecule has 17 heteroatoms. The zero-order valence-electron chi connectivity index (χ0n) is 47.6. The summed E-state index contributed by atoms with van der Waals surface area (Å²) in [5.74, 6) is -0.976. The quantitative estimate of drug-likeness (QED) is 0.0921. The second kappa shape index (κ2) is 22.1. The third-order valence-corrected chi connectivity index (χ3v) is 19.4. The lowest BCUT2D eigenvalue weighted by Gasteiger charge is -2.37. The van der Waals surface area contributed by atoms with Gasteiger partial charge in [-0.1, -0.05) is 77.4 Å². The molecule has 14 nitrogen and oxygen atoms in total. The molecule has 2 aromatic heterocycles. The number of esters is 1. The van der Waals surface area contributed by atoms with E-state index in [1.54, 1.807) is 0 Å². The van der Waals surface area contributed by atoms with Crippen molar-refractivity contribution in [1.82, 2.24) is 39.4 Å². The Morgan fingerprint density at radius 1 is 0.925 bits per heavy atom. The van der Waals surface area contributed by atoms with Crippen molar-refractivity contribution in [3.63, 3.8) is 0 Å². The minimum Gasteiger partial charge on any atom is -0.464 e. The Kier molecular flexibility index (Phi) is 15.5. The summed E-state index contributed by atoms with van der Waals surface area (Å²) in [5.41, 5.74) is 9.99. The Morgan fingerprint density at radius 2 is 1.69 bits per heavy atom. The van der Waals surface area contributed by atoms with Gasteiger partial charge in [0.2, 0.25) is 11.8 Å². The fourth-order valence-corrected chi connectivity index (χ4v) is 15.1. The van der Waals surface area contributed by atoms with Crippen LogP contribution in [0.3, 0.4) is 0 Å². The SMILES string of the molecule is CCn1c(-c2cccnc2C(C)C)c2c3cc(ccc31)-c1cc(cc(C(F)F)c1)C[C@H](NC(=O)[C@H](C(C)C)N1CC[C@]3(CCN(C(=O)[C@H]4[C@@H](C5CC5)N4[S@](=O)c4ccc(C)cc4)C3)C1)C(=O)N1CCC[C@H](N1)C(=O)OCC(C)(C)C2. The molecule has 1 saturated carbocycles. The highest BCUT2D eigenvalue weighted by Crippen LogP contribution is 2.51. The largest absolute Gasteiger partial charge is 0.464 e. The Morgan fingerprint density at radius 3 is 2.40 bits per heavy atom. The van der Waals surface area contributed by atoms with Crippen molar-refractivity contribution in [2.75, 3.05) is 39.3 Å². The number of likely N-dealkylation sites (tertiary alicyclic amines) is 2. The van der Waals surface area contributed by atoms with Gasteiger partial charge in [-0.15, -0.1) is 0 Å². The van der Waals surface area contributed by atoms with Crippen molar-refractivity contribution in [2.24, 2.45) is 22.7 Å². The van der Waals surface area contributed by atoms with Crippen LogP contribution < -0.4 is 10.7 Å². The molecule has 5 aliphatic heterocycles. The molecule has 1 aliphatic carbocycles. The van der Waals surface area contributed by atoms with Crippen LogP contribution in [0.2, 0.25) is 0 Å². The lowest BCUT2D eigenvalue weighted by Crippen LogP contribution is -2.62. The maximum absolute atomic E-state index is 15.2. The van der Waals surface area contributed by atoms with Crippen molar-refractivity contribution in [3.8, 4) is 22.4 Å². The number of alkyl halides is 2. The van der Waals surface area contributed by atoms with Crippen molar-refractivity contribution in [2.45, 2.75) is 161 Å². The van der Waals surface area contributed by atoms with E-state index in [9.17, 15) is 13.8 Å². The molecule has 3 aromatic carbocycles. The molecule has 1 unspecified atom stereocenters. The Bertz CT molecular complexity index is 3230. The Labute approximate surface area is 471 Å². The van der Waals surface area contributed by atoms with Crippen LogP contribution in [0.1, 0.15) is 127 Å². The van der Waals surface area contributed by atoms with E-state index < -0.39 is 58.9 Å². The second-order valence-corrected chi connectivity index (χ2v) is 26.7. The highest BCUT2D eigenvalue weighted by atomic mass is 32.2. The summed E-state index contributed by atoms with van der Waals surface area (Å²) >= 11 is 0. The smallest absolute Gasteiger partial charge is 0.324 e. The van der Waals surface area contributed by atoms with Crippen LogP contribution in [0.4, 0.5) is 8.78 Å². The van der Waals surface area contributed by atoms with E-state index >= 15 is 18.4 Å². The summed E-state index contributed by atoms with van der Waals surface area (Å²) in [6, 6.07) is 19.5. The number of nitrogens with one attached hydrogen (secondary N) is 2. The van der Waals surface area contributed by atoms with Gasteiger partial charge in [-0.2, -0.15) is 0 Å². The van der Waals surface area contributed by atoms with Crippen LogP contribution in [0.5, 0.6) is 0 Å². The zero-order valence-corrected chi connectivity index (χ0v) is 48.4. The van der Waals surface area contributed by atoms with Gasteiger partial charge in [0.15, 0.2) is 0 Å². The van der Waals surface area contributed by atoms with Gasteiger partial charge in [0, 0.05) is 78.2 Å². The number of carbonyl (C=O) groups is 4. The summed E-state index contributed by atoms with van der Waals surface area (Å²) in [6.45, 7) is 19.8. The number of nitrogens with zero attached hydrogens (tertiary/aromatic N) is 6. The van der Waals surface area contributed by atoms with E-state index in [0.717, 1.165) is 70.2 Å². The molecule has 2 N–H and O–H groups in total. The van der Waals surface area contributed by atoms with E-state index in [1.165, 1.54) is 17.1 Å². The molecule has 8 atom stereocenters. The molecule has 6 bridgehead atoms. The van der Waals surface area contributed by atoms with Crippen LogP contribution in [0, 0.1) is 29.6 Å². The van der Waals surface area contributed by atoms with E-state index in [-0.39, 0.29) is 60.2 Å². The maximum Gasteiger partial charge on any atom is 0.324 e. The molecule has 426 valence electrons. The van der Waals surface area contributed by atoms with Gasteiger partial charge in [-0.3, -0.25) is 34.1 Å². The molecule has 80 heavy (non-hydrogen) atoms. The predicted octanol–water partition coefficient (Wildman–Crippen LogP) is 9.54. The average Bonchev–Trinajstić information content (AvgIpc) is 3.32. The first-order valence-corrected chi connectivity index (χ1v) is 30.2. The second-order valence-electron chi connectivity index (χ2n) is 25.3. The third kappa shape index (κ3) is 11.0. The molecule has 1 spiro atoms. The van der Waals surface area contributed by atoms with Crippen molar-refractivity contribution in [1.29, 1.82) is 0 Å². The summed E-state index contributed by atoms with van der Waals surface area (Å²) in [5, 5.41) is 5.51. The maximum atomic E-state index is 15.2. The topological polar surface area (TPSA) is 149 Å². The number of halogens is 2. The lowest BCUT2D eigenvalue weighted by atomic mass is 9.83. The fourth-order valence-electron chi connectivity index (χ4n) is 13.6. The van der Waals surface area contributed by atoms with E-state index in [2.05, 4.69) is 73.0 Å². The molecule has 6 aliphatic rings. The number of rotatable bonds is 12. The monoisotopic (exact) mass is 1110 g/mol. The lowest BCUT2D eigenvalue weighted by molar-refractivity contribution is -0.155. The number of hydrogen-bond donors (Lipinski definition) is 2. The summed E-state index contributed by atoms with van der Waals surface area (Å²) in [4.78, 5) is 68.4. The van der Waals surface area contributed by atoms with E-state index in [1.807, 2.05) is 78.6 Å². The Hall–Kier alpha value is -5.88. The van der Waals surface area contributed by atoms with Crippen molar-refractivity contribution in [3.05, 3.63) is 107 Å². The molecule has 0 radical (unpaired) electrons. The van der Waals surface area contributed by atoms with Gasteiger partial charge in [0.05, 0.1) is 35.0 Å². The standard InChI is InChI=1S/C63H78F2N8O6S/c1-9-71-51-21-18-42-32-47(51)48(55(71)46-12-10-24-66-52(46)37(2)3)33-62(7,8)36-79-61(77)49-13-11-25-72(68-49)59(75)50(30-40-28-43(42)31-44(29-40)57(64)65)67-58(74)53(38(4)5)69-26-22-63(34-69)23-27-70(35-63)60(76)56-54(41-16-17-41)73(56)80(78)45-19-14-39(6)15-20-45/h10,12,14-15,18-21,24,28-29,31-32,37-38,41,49-50,53-54,56-57,68H,9,11,13,16-17,22-23,25-27,30,33-36H2,1-8H3,(H,67,74)/t49-,50-,53-,54+,56+,63-,73?,80+/m0/s1. The average molecular weight is 1110 g/mol. The van der Waals surface area contributed by atoms with Gasteiger partial charge >= 0.3 is 5.97 Å². The van der Waals surface area contributed by atoms with E-state index in [4.69, 9.17) is 9.72 Å². The van der Waals surface area contributed by atoms with Gasteiger partial charge in [-0.25, -0.2) is 22.7 Å². The highest BCUT2D eigenvalue weighted by Gasteiger charge is 2.63. The Balaban J connectivity index is 0.893. The van der Waals surface area contributed by atoms with E-state index in [0.29, 0.717) is 73.9 Å². The van der Waals surface area contributed by atoms with Gasteiger partial charge in [0.1, 0.15) is 29.1 Å². The molecule has 4 saturated heterocycles. The van der Waals surface area contributed by atoms with Crippen LogP contribution in [0.15, 0.2) is 83.9 Å². The molecular formula is C63H78F2N8O6S. The number of hydrazine groups is 1. The summed E-state index contributed by atoms with van der Waals surface area (Å²) < 4.78 is 54.6. The predicted molar refractivity (Wildman–Crippen MR) is 305 cm³/mol. The number of aromatic nitrogens is 2. The van der Waals surface area contributed by atoms with Crippen molar-refractivity contribution >= 4 is 45.6 Å². The molecule has 11 rings (SSSR count). The summed E-state index contributed by atoms with van der Waals surface area (Å²) in [6.07, 6.45) is 3.97. The number of hydrogen-bond acceptors (Lipinski definition) is 9. The summed E-state index contributed by atoms with van der Waals surface area (Å²) in [7, 11) is -1.44. The number of ether oxygens (including phenoxy) is 1. The highest BCUT2D eigenvalue weighted by molar-refractivity contribution is 7.83. The van der Waals surface area contributed by atoms with Crippen LogP contribution >= 0.6 is 0 Å². The first-order chi connectivity index (χ1) is 38.2. The number of cyclic esters (lactones) is 1. The first-order valence-electron chi connectivity index (χ1n) is 29.1. The molecule has 3 amide bonds. The number of benzene rings is 3. The minimum absolute atomic E-state index is 0.0283. The van der Waals surface area contributed by atoms with Crippen molar-refractivity contribution < 1.29 is 36.9 Å². The van der Waals surface area contributed by atoms with Gasteiger partial charge in [0.25, 0.3) is 12.3 Å².